The number of hydroxylamine groups is 2. The van der Waals surface area contributed by atoms with Crippen molar-refractivity contribution in [3.8, 4) is 0 Å². The summed E-state index contributed by atoms with van der Waals surface area (Å²) in [6.45, 7) is 9.17. The zero-order valence-corrected chi connectivity index (χ0v) is 34.3. The van der Waals surface area contributed by atoms with E-state index in [4.69, 9.17) is 9.68 Å². The van der Waals surface area contributed by atoms with Gasteiger partial charge in [0.1, 0.15) is 0 Å². The van der Waals surface area contributed by atoms with Crippen LogP contribution in [0.2, 0.25) is 0 Å². The number of hydrogen-bond donors (Lipinski definition) is 0. The van der Waals surface area contributed by atoms with E-state index in [0.717, 1.165) is 25.7 Å². The summed E-state index contributed by atoms with van der Waals surface area (Å²) in [7, 11) is 1.99. The van der Waals surface area contributed by atoms with Gasteiger partial charge in [-0.15, -0.1) is 0 Å². The number of rotatable bonds is 42. The Balaban J connectivity index is 3.78. The molecule has 0 amide bonds. The maximum Gasteiger partial charge on any atom is 0.0819 e. The molecule has 2 unspecified atom stereocenters. The standard InChI is InChI=1S/C45H93NO2/c1-6-10-12-14-16-18-20-22-24-26-28-30-32-34-36-38-42-44(40-8-3)47-46(5)48-45(41-9-4)43-39-37-35-33-31-29-27-25-23-21-19-17-15-13-11-7-2/h44-45H,6-43H2,1-5H3. The predicted molar refractivity (Wildman–Crippen MR) is 216 cm³/mol. The normalized spacial score (nSPS) is 13.1. The Kier molecular flexibility index (Phi) is 41.2. The van der Waals surface area contributed by atoms with Crippen molar-refractivity contribution in [2.24, 2.45) is 0 Å². The Labute approximate surface area is 305 Å². The molecule has 0 spiro atoms. The van der Waals surface area contributed by atoms with Gasteiger partial charge in [0.15, 0.2) is 0 Å². The molecule has 0 fully saturated rings. The third-order valence-electron chi connectivity index (χ3n) is 10.6. The fourth-order valence-electron chi connectivity index (χ4n) is 7.43. The molecule has 0 saturated heterocycles. The molecule has 0 rings (SSSR count). The van der Waals surface area contributed by atoms with Gasteiger partial charge < -0.3 is 0 Å². The SMILES string of the molecule is CCCCCCCCCCCCCCCCCCC(CCC)ON(C)OC(CCC)CCCCCCCCCCCCCCCCCC. The highest BCUT2D eigenvalue weighted by molar-refractivity contribution is 4.60. The van der Waals surface area contributed by atoms with Crippen molar-refractivity contribution in [3.63, 3.8) is 0 Å². The van der Waals surface area contributed by atoms with Crippen LogP contribution in [0.5, 0.6) is 0 Å². The van der Waals surface area contributed by atoms with E-state index in [1.165, 1.54) is 218 Å². The van der Waals surface area contributed by atoms with Gasteiger partial charge in [-0.05, 0) is 25.7 Å². The van der Waals surface area contributed by atoms with Gasteiger partial charge in [0.2, 0.25) is 0 Å². The minimum Gasteiger partial charge on any atom is -0.271 e. The van der Waals surface area contributed by atoms with Gasteiger partial charge in [-0.1, -0.05) is 251 Å². The molecule has 3 heteroatoms. The van der Waals surface area contributed by atoms with Crippen LogP contribution in [0.4, 0.5) is 0 Å². The Morgan fingerprint density at radius 3 is 0.688 bits per heavy atom. The highest BCUT2D eigenvalue weighted by atomic mass is 17.0. The van der Waals surface area contributed by atoms with E-state index in [1.807, 2.05) is 7.05 Å². The van der Waals surface area contributed by atoms with Crippen LogP contribution in [0.25, 0.3) is 0 Å². The van der Waals surface area contributed by atoms with Crippen LogP contribution < -0.4 is 0 Å². The average molecular weight is 680 g/mol. The summed E-state index contributed by atoms with van der Waals surface area (Å²) in [4.78, 5) is 12.7. The van der Waals surface area contributed by atoms with Crippen molar-refractivity contribution in [2.45, 2.75) is 284 Å². The van der Waals surface area contributed by atoms with Gasteiger partial charge in [0, 0.05) is 7.05 Å². The molecule has 0 heterocycles. The quantitative estimate of drug-likeness (QED) is 0.0473. The first kappa shape index (κ1) is 47.9. The Morgan fingerprint density at radius 2 is 0.479 bits per heavy atom. The van der Waals surface area contributed by atoms with Crippen LogP contribution in [0, 0.1) is 0 Å². The van der Waals surface area contributed by atoms with Crippen LogP contribution in [0.15, 0.2) is 0 Å². The molecule has 0 N–H and O–H groups in total. The van der Waals surface area contributed by atoms with Crippen LogP contribution in [-0.2, 0) is 9.68 Å². The minimum atomic E-state index is 0.296. The minimum absolute atomic E-state index is 0.296. The molecule has 0 bridgehead atoms. The maximum absolute atomic E-state index is 6.34. The first-order chi connectivity index (χ1) is 23.7. The molecule has 48 heavy (non-hydrogen) atoms. The fourth-order valence-corrected chi connectivity index (χ4v) is 7.43. The summed E-state index contributed by atoms with van der Waals surface area (Å²) in [5.74, 6) is 0. The van der Waals surface area contributed by atoms with Gasteiger partial charge in [0.05, 0.1) is 12.2 Å². The van der Waals surface area contributed by atoms with Crippen molar-refractivity contribution < 1.29 is 9.68 Å². The lowest BCUT2D eigenvalue weighted by molar-refractivity contribution is -0.390. The molecule has 2 atom stereocenters. The summed E-state index contributed by atoms with van der Waals surface area (Å²) in [5, 5.41) is 1.74. The molecule has 0 aromatic rings. The smallest absolute Gasteiger partial charge is 0.0819 e. The molecular formula is C45H93NO2. The van der Waals surface area contributed by atoms with Crippen LogP contribution in [0.1, 0.15) is 272 Å². The topological polar surface area (TPSA) is 21.7 Å². The van der Waals surface area contributed by atoms with Gasteiger partial charge in [-0.25, -0.2) is 0 Å². The molecule has 290 valence electrons. The van der Waals surface area contributed by atoms with Crippen LogP contribution >= 0.6 is 0 Å². The lowest BCUT2D eigenvalue weighted by Crippen LogP contribution is -2.31. The first-order valence-corrected chi connectivity index (χ1v) is 22.7. The highest BCUT2D eigenvalue weighted by Crippen LogP contribution is 2.20. The fraction of sp³-hybridized carbons (Fsp3) is 1.00. The van der Waals surface area contributed by atoms with Crippen molar-refractivity contribution in [1.29, 1.82) is 0 Å². The Morgan fingerprint density at radius 1 is 0.271 bits per heavy atom. The van der Waals surface area contributed by atoms with Crippen molar-refractivity contribution >= 4 is 0 Å². The Bertz CT molecular complexity index is 521. The molecule has 0 aliphatic heterocycles. The molecule has 0 radical (unpaired) electrons. The molecule has 0 aliphatic rings. The largest absolute Gasteiger partial charge is 0.271 e. The highest BCUT2D eigenvalue weighted by Gasteiger charge is 2.16. The second-order valence-corrected chi connectivity index (χ2v) is 15.7. The van der Waals surface area contributed by atoms with Crippen molar-refractivity contribution in [1.82, 2.24) is 5.23 Å². The van der Waals surface area contributed by atoms with E-state index in [1.54, 1.807) is 5.23 Å². The zero-order valence-electron chi connectivity index (χ0n) is 34.3. The molecule has 0 aromatic heterocycles. The number of hydrogen-bond acceptors (Lipinski definition) is 3. The summed E-state index contributed by atoms with van der Waals surface area (Å²) in [6.07, 6.45) is 53.1. The van der Waals surface area contributed by atoms with E-state index >= 15 is 0 Å². The molecular weight excluding hydrogens is 587 g/mol. The number of unbranched alkanes of at least 4 members (excludes halogenated alkanes) is 30. The van der Waals surface area contributed by atoms with E-state index in [9.17, 15) is 0 Å². The second kappa shape index (κ2) is 41.3. The summed E-state index contributed by atoms with van der Waals surface area (Å²) in [6, 6.07) is 0. The lowest BCUT2D eigenvalue weighted by Gasteiger charge is -2.27. The molecule has 0 saturated carbocycles. The summed E-state index contributed by atoms with van der Waals surface area (Å²) >= 11 is 0. The van der Waals surface area contributed by atoms with Crippen LogP contribution in [-0.4, -0.2) is 24.5 Å². The van der Waals surface area contributed by atoms with Gasteiger partial charge in [0.25, 0.3) is 0 Å². The van der Waals surface area contributed by atoms with Crippen molar-refractivity contribution in [3.05, 3.63) is 0 Å². The first-order valence-electron chi connectivity index (χ1n) is 22.7. The van der Waals surface area contributed by atoms with Gasteiger partial charge in [-0.3, -0.25) is 9.68 Å². The maximum atomic E-state index is 6.34. The van der Waals surface area contributed by atoms with Crippen LogP contribution in [0.3, 0.4) is 0 Å². The second-order valence-electron chi connectivity index (χ2n) is 15.7. The predicted octanol–water partition coefficient (Wildman–Crippen LogP) is 16.4. The number of nitrogens with zero attached hydrogens (tertiary/aromatic N) is 1. The molecule has 3 nitrogen and oxygen atoms in total. The Hall–Kier alpha value is -0.120. The molecule has 0 aliphatic carbocycles. The third kappa shape index (κ3) is 37.1. The van der Waals surface area contributed by atoms with E-state index in [-0.39, 0.29) is 0 Å². The summed E-state index contributed by atoms with van der Waals surface area (Å²) < 4.78 is 0. The lowest BCUT2D eigenvalue weighted by atomic mass is 10.0. The third-order valence-corrected chi connectivity index (χ3v) is 10.6. The van der Waals surface area contributed by atoms with Gasteiger partial charge in [-0.2, -0.15) is 0 Å². The van der Waals surface area contributed by atoms with E-state index in [2.05, 4.69) is 27.7 Å². The average Bonchev–Trinajstić information content (AvgIpc) is 3.08. The molecule has 0 aromatic carbocycles. The van der Waals surface area contributed by atoms with Gasteiger partial charge >= 0.3 is 0 Å². The summed E-state index contributed by atoms with van der Waals surface area (Å²) in [5.41, 5.74) is 0. The van der Waals surface area contributed by atoms with E-state index < -0.39 is 0 Å². The van der Waals surface area contributed by atoms with Crippen molar-refractivity contribution in [2.75, 3.05) is 7.05 Å². The zero-order chi connectivity index (χ0) is 35.0. The monoisotopic (exact) mass is 680 g/mol. The van der Waals surface area contributed by atoms with E-state index in [0.29, 0.717) is 12.2 Å².